The van der Waals surface area contributed by atoms with Crippen molar-refractivity contribution in [2.45, 2.75) is 6.61 Å². The van der Waals surface area contributed by atoms with Gasteiger partial charge in [-0.05, 0) is 17.7 Å². The van der Waals surface area contributed by atoms with Gasteiger partial charge in [-0.25, -0.2) is 0 Å². The van der Waals surface area contributed by atoms with Crippen LogP contribution in [0.2, 0.25) is 0 Å². The van der Waals surface area contributed by atoms with E-state index in [1.54, 1.807) is 14.2 Å². The van der Waals surface area contributed by atoms with Gasteiger partial charge in [0.25, 0.3) is 0 Å². The summed E-state index contributed by atoms with van der Waals surface area (Å²) in [4.78, 5) is 0. The molecule has 3 N–H and O–H groups in total. The minimum Gasteiger partial charge on any atom is -0.497 e. The van der Waals surface area contributed by atoms with E-state index in [4.69, 9.17) is 15.2 Å². The summed E-state index contributed by atoms with van der Waals surface area (Å²) in [5, 5.41) is 6.87. The number of aromatic nitrogens is 2. The van der Waals surface area contributed by atoms with E-state index in [0.717, 1.165) is 22.6 Å². The molecule has 0 aliphatic carbocycles. The first kappa shape index (κ1) is 11.5. The molecule has 5 heteroatoms. The normalized spacial score (nSPS) is 10.5. The Labute approximate surface area is 99.5 Å². The second kappa shape index (κ2) is 4.88. The van der Waals surface area contributed by atoms with Crippen molar-refractivity contribution in [1.29, 1.82) is 0 Å². The summed E-state index contributed by atoms with van der Waals surface area (Å²) in [5.41, 5.74) is 8.59. The van der Waals surface area contributed by atoms with Crippen molar-refractivity contribution in [2.24, 2.45) is 0 Å². The predicted molar refractivity (Wildman–Crippen MR) is 65.7 cm³/mol. The van der Waals surface area contributed by atoms with Gasteiger partial charge in [-0.2, -0.15) is 5.10 Å². The highest BCUT2D eigenvalue weighted by Crippen LogP contribution is 2.29. The molecule has 17 heavy (non-hydrogen) atoms. The van der Waals surface area contributed by atoms with Gasteiger partial charge in [0.1, 0.15) is 5.75 Å². The smallest absolute Gasteiger partial charge is 0.153 e. The Balaban J connectivity index is 2.40. The average molecular weight is 233 g/mol. The van der Waals surface area contributed by atoms with Crippen LogP contribution in [0, 0.1) is 0 Å². The van der Waals surface area contributed by atoms with Crippen molar-refractivity contribution in [3.05, 3.63) is 30.0 Å². The van der Waals surface area contributed by atoms with Crippen LogP contribution in [-0.2, 0) is 11.3 Å². The molecule has 0 spiro atoms. The zero-order valence-corrected chi connectivity index (χ0v) is 9.86. The minimum absolute atomic E-state index is 0.450. The van der Waals surface area contributed by atoms with Crippen molar-refractivity contribution in [1.82, 2.24) is 10.2 Å². The van der Waals surface area contributed by atoms with Crippen LogP contribution in [0.3, 0.4) is 0 Å². The van der Waals surface area contributed by atoms with E-state index < -0.39 is 0 Å². The summed E-state index contributed by atoms with van der Waals surface area (Å²) < 4.78 is 10.2. The first-order chi connectivity index (χ1) is 8.26. The highest BCUT2D eigenvalue weighted by Gasteiger charge is 2.12. The van der Waals surface area contributed by atoms with Crippen molar-refractivity contribution < 1.29 is 9.47 Å². The maximum absolute atomic E-state index is 5.85. The zero-order chi connectivity index (χ0) is 12.3. The Morgan fingerprint density at radius 1 is 1.24 bits per heavy atom. The van der Waals surface area contributed by atoms with Crippen LogP contribution in [0.15, 0.2) is 24.3 Å². The lowest BCUT2D eigenvalue weighted by atomic mass is 10.1. The van der Waals surface area contributed by atoms with Crippen molar-refractivity contribution >= 4 is 5.82 Å². The molecule has 0 radical (unpaired) electrons. The number of nitrogen functional groups attached to an aromatic ring is 1. The highest BCUT2D eigenvalue weighted by atomic mass is 16.5. The molecule has 0 saturated carbocycles. The molecule has 0 amide bonds. The summed E-state index contributed by atoms with van der Waals surface area (Å²) in [6.07, 6.45) is 0. The second-order valence-electron chi connectivity index (χ2n) is 3.62. The van der Waals surface area contributed by atoms with Crippen LogP contribution in [0.1, 0.15) is 5.69 Å². The van der Waals surface area contributed by atoms with Gasteiger partial charge in [0, 0.05) is 12.7 Å². The third-order valence-corrected chi connectivity index (χ3v) is 2.54. The van der Waals surface area contributed by atoms with Gasteiger partial charge >= 0.3 is 0 Å². The van der Waals surface area contributed by atoms with Gasteiger partial charge in [-0.15, -0.1) is 0 Å². The summed E-state index contributed by atoms with van der Waals surface area (Å²) in [5.74, 6) is 1.28. The molecule has 90 valence electrons. The summed E-state index contributed by atoms with van der Waals surface area (Å²) >= 11 is 0. The Morgan fingerprint density at radius 2 is 1.94 bits per heavy atom. The lowest BCUT2D eigenvalue weighted by Crippen LogP contribution is -1.93. The summed E-state index contributed by atoms with van der Waals surface area (Å²) in [6.45, 7) is 0.450. The van der Waals surface area contributed by atoms with Crippen LogP contribution >= 0.6 is 0 Å². The quantitative estimate of drug-likeness (QED) is 0.844. The van der Waals surface area contributed by atoms with Crippen LogP contribution in [0.5, 0.6) is 5.75 Å². The fourth-order valence-electron chi connectivity index (χ4n) is 1.72. The maximum atomic E-state index is 5.85. The first-order valence-corrected chi connectivity index (χ1v) is 5.22. The van der Waals surface area contributed by atoms with Gasteiger partial charge in [0.2, 0.25) is 0 Å². The molecule has 0 saturated heterocycles. The molecule has 0 atom stereocenters. The molecule has 2 rings (SSSR count). The molecular formula is C12H15N3O2. The lowest BCUT2D eigenvalue weighted by molar-refractivity contribution is 0.182. The standard InChI is InChI=1S/C12H15N3O2/c1-16-7-10-11(12(13)15-14-10)8-3-5-9(17-2)6-4-8/h3-6H,7H2,1-2H3,(H3,13,14,15). The van der Waals surface area contributed by atoms with Crippen molar-refractivity contribution in [3.63, 3.8) is 0 Å². The van der Waals surface area contributed by atoms with Crippen LogP contribution in [-0.4, -0.2) is 24.4 Å². The van der Waals surface area contributed by atoms with Gasteiger partial charge in [-0.3, -0.25) is 5.10 Å². The van der Waals surface area contributed by atoms with Gasteiger partial charge in [-0.1, -0.05) is 12.1 Å². The van der Waals surface area contributed by atoms with Gasteiger partial charge in [0.15, 0.2) is 5.82 Å². The first-order valence-electron chi connectivity index (χ1n) is 5.22. The second-order valence-corrected chi connectivity index (χ2v) is 3.62. The number of nitrogens with two attached hydrogens (primary N) is 1. The number of benzene rings is 1. The van der Waals surface area contributed by atoms with E-state index in [-0.39, 0.29) is 0 Å². The van der Waals surface area contributed by atoms with Crippen molar-refractivity contribution in [2.75, 3.05) is 20.0 Å². The fourth-order valence-corrected chi connectivity index (χ4v) is 1.72. The Hall–Kier alpha value is -2.01. The monoisotopic (exact) mass is 233 g/mol. The topological polar surface area (TPSA) is 73.2 Å². The third-order valence-electron chi connectivity index (χ3n) is 2.54. The van der Waals surface area contributed by atoms with E-state index in [9.17, 15) is 0 Å². The number of nitrogens with one attached hydrogen (secondary N) is 1. The Morgan fingerprint density at radius 3 is 2.53 bits per heavy atom. The molecule has 1 aromatic carbocycles. The maximum Gasteiger partial charge on any atom is 0.153 e. The van der Waals surface area contributed by atoms with E-state index in [0.29, 0.717) is 12.4 Å². The number of hydrogen-bond donors (Lipinski definition) is 2. The molecule has 0 aliphatic heterocycles. The number of methoxy groups -OCH3 is 2. The molecule has 0 unspecified atom stereocenters. The number of rotatable bonds is 4. The molecule has 0 aliphatic rings. The third kappa shape index (κ3) is 2.24. The fraction of sp³-hybridized carbons (Fsp3) is 0.250. The van der Waals surface area contributed by atoms with E-state index in [1.165, 1.54) is 0 Å². The van der Waals surface area contributed by atoms with Gasteiger partial charge in [0.05, 0.1) is 19.4 Å². The summed E-state index contributed by atoms with van der Waals surface area (Å²) in [7, 11) is 3.27. The largest absolute Gasteiger partial charge is 0.497 e. The Bertz CT molecular complexity index is 491. The molecule has 5 nitrogen and oxygen atoms in total. The Kier molecular flexibility index (Phi) is 3.30. The average Bonchev–Trinajstić information content (AvgIpc) is 2.71. The molecule has 1 aromatic heterocycles. The van der Waals surface area contributed by atoms with Crippen LogP contribution in [0.25, 0.3) is 11.1 Å². The zero-order valence-electron chi connectivity index (χ0n) is 9.86. The predicted octanol–water partition coefficient (Wildman–Crippen LogP) is 1.81. The van der Waals surface area contributed by atoms with Crippen LogP contribution < -0.4 is 10.5 Å². The molecule has 2 aromatic rings. The minimum atomic E-state index is 0.450. The van der Waals surface area contributed by atoms with E-state index in [2.05, 4.69) is 10.2 Å². The summed E-state index contributed by atoms with van der Waals surface area (Å²) in [6, 6.07) is 7.66. The van der Waals surface area contributed by atoms with Gasteiger partial charge < -0.3 is 15.2 Å². The number of nitrogens with zero attached hydrogens (tertiary/aromatic N) is 1. The SMILES string of the molecule is COCc1[nH]nc(N)c1-c1ccc(OC)cc1. The highest BCUT2D eigenvalue weighted by molar-refractivity contribution is 5.76. The van der Waals surface area contributed by atoms with Crippen LogP contribution in [0.4, 0.5) is 5.82 Å². The van der Waals surface area contributed by atoms with E-state index >= 15 is 0 Å². The lowest BCUT2D eigenvalue weighted by Gasteiger charge is -2.05. The molecule has 1 heterocycles. The molecule has 0 bridgehead atoms. The molecule has 0 fully saturated rings. The number of ether oxygens (including phenoxy) is 2. The molecular weight excluding hydrogens is 218 g/mol. The van der Waals surface area contributed by atoms with E-state index in [1.807, 2.05) is 24.3 Å². The number of H-pyrrole nitrogens is 1. The number of hydrogen-bond acceptors (Lipinski definition) is 4. The number of anilines is 1. The van der Waals surface area contributed by atoms with Crippen molar-refractivity contribution in [3.8, 4) is 16.9 Å². The number of aromatic amines is 1.